The molecule has 2 aliphatic heterocycles. The Bertz CT molecular complexity index is 2360. The number of carbonyl (C=O) groups is 4. The first kappa shape index (κ1) is 41.5. The molecule has 308 valence electrons. The fourth-order valence-electron chi connectivity index (χ4n) is 7.18. The van der Waals surface area contributed by atoms with Gasteiger partial charge in [0.05, 0.1) is 50.9 Å². The number of halogens is 1. The van der Waals surface area contributed by atoms with E-state index in [2.05, 4.69) is 42.1 Å². The number of hydrogen-bond donors (Lipinski definition) is 5. The van der Waals surface area contributed by atoms with Gasteiger partial charge >= 0.3 is 6.09 Å². The third kappa shape index (κ3) is 9.80. The topological polar surface area (TPSA) is 187 Å². The number of aliphatic hydroxyl groups is 1. The highest BCUT2D eigenvalue weighted by molar-refractivity contribution is 9.09. The first-order valence-electron chi connectivity index (χ1n) is 19.5. The van der Waals surface area contributed by atoms with Gasteiger partial charge < -0.3 is 44.7 Å². The monoisotopic (exact) mass is 867 g/mol. The number of aromatic amines is 1. The van der Waals surface area contributed by atoms with Crippen molar-refractivity contribution in [3.63, 3.8) is 0 Å². The SMILES string of the molecule is C/C(=N\NC(=O)CCOCCOCCO)c1ccc(C(=O)Nc2ccc3[nH]c(C(=O)N4C[C@@H](CBr)c5c4cc(OC(=O)N4CCNCC4)c4ccccc54)cc3c2)cc1. The molecule has 0 aliphatic carbocycles. The number of aliphatic hydroxyl groups excluding tert-OH is 1. The number of hydrazone groups is 1. The van der Waals surface area contributed by atoms with Crippen LogP contribution in [0.4, 0.5) is 16.2 Å². The van der Waals surface area contributed by atoms with Crippen molar-refractivity contribution >= 4 is 78.5 Å². The lowest BCUT2D eigenvalue weighted by Gasteiger charge is -2.27. The summed E-state index contributed by atoms with van der Waals surface area (Å²) in [6.45, 7) is 5.78. The predicted octanol–water partition coefficient (Wildman–Crippen LogP) is 5.37. The normalized spacial score (nSPS) is 15.4. The zero-order chi connectivity index (χ0) is 41.3. The van der Waals surface area contributed by atoms with Crippen LogP contribution in [0.15, 0.2) is 84.0 Å². The molecular formula is C43H46BrN7O8. The molecule has 59 heavy (non-hydrogen) atoms. The Hall–Kier alpha value is -5.65. The van der Waals surface area contributed by atoms with E-state index in [1.165, 1.54) is 0 Å². The molecule has 4 aromatic carbocycles. The van der Waals surface area contributed by atoms with Crippen LogP contribution in [0.5, 0.6) is 5.75 Å². The van der Waals surface area contributed by atoms with Gasteiger partial charge in [0.25, 0.3) is 11.8 Å². The lowest BCUT2D eigenvalue weighted by molar-refractivity contribution is -0.122. The van der Waals surface area contributed by atoms with Crippen molar-refractivity contribution in [2.45, 2.75) is 19.3 Å². The van der Waals surface area contributed by atoms with Crippen molar-refractivity contribution < 1.29 is 38.5 Å². The zero-order valence-electron chi connectivity index (χ0n) is 32.6. The molecule has 5 N–H and O–H groups in total. The summed E-state index contributed by atoms with van der Waals surface area (Å²) in [6, 6.07) is 23.7. The summed E-state index contributed by atoms with van der Waals surface area (Å²) >= 11 is 3.68. The number of anilines is 2. The highest BCUT2D eigenvalue weighted by Gasteiger charge is 2.36. The number of H-pyrrole nitrogens is 1. The predicted molar refractivity (Wildman–Crippen MR) is 229 cm³/mol. The van der Waals surface area contributed by atoms with Crippen LogP contribution in [-0.2, 0) is 14.3 Å². The van der Waals surface area contributed by atoms with E-state index in [0.29, 0.717) is 85.4 Å². The lowest BCUT2D eigenvalue weighted by Crippen LogP contribution is -2.47. The van der Waals surface area contributed by atoms with Gasteiger partial charge in [0, 0.05) is 77.6 Å². The Labute approximate surface area is 349 Å². The van der Waals surface area contributed by atoms with E-state index in [-0.39, 0.29) is 49.9 Å². The number of amides is 4. The van der Waals surface area contributed by atoms with E-state index in [0.717, 1.165) is 32.8 Å². The van der Waals surface area contributed by atoms with Gasteiger partial charge in [-0.05, 0) is 59.8 Å². The zero-order valence-corrected chi connectivity index (χ0v) is 34.2. The van der Waals surface area contributed by atoms with Crippen LogP contribution in [0.25, 0.3) is 21.7 Å². The van der Waals surface area contributed by atoms with E-state index in [1.54, 1.807) is 53.1 Å². The molecule has 16 heteroatoms. The average molecular weight is 869 g/mol. The minimum Gasteiger partial charge on any atom is -0.409 e. The fourth-order valence-corrected chi connectivity index (χ4v) is 7.71. The number of alkyl halides is 1. The number of benzene rings is 4. The molecule has 15 nitrogen and oxygen atoms in total. The highest BCUT2D eigenvalue weighted by atomic mass is 79.9. The number of nitrogens with one attached hydrogen (secondary N) is 4. The van der Waals surface area contributed by atoms with Gasteiger partial charge in [-0.25, -0.2) is 10.2 Å². The Morgan fingerprint density at radius 2 is 1.63 bits per heavy atom. The molecule has 0 unspecified atom stereocenters. The number of nitrogens with zero attached hydrogens (tertiary/aromatic N) is 3. The molecule has 2 aliphatic rings. The minimum atomic E-state index is -0.417. The summed E-state index contributed by atoms with van der Waals surface area (Å²) in [5, 5.41) is 22.2. The van der Waals surface area contributed by atoms with Gasteiger partial charge in [0.1, 0.15) is 11.4 Å². The molecule has 0 saturated carbocycles. The van der Waals surface area contributed by atoms with Crippen molar-refractivity contribution in [3.8, 4) is 5.75 Å². The van der Waals surface area contributed by atoms with Crippen LogP contribution in [-0.4, -0.2) is 116 Å². The summed E-state index contributed by atoms with van der Waals surface area (Å²) in [7, 11) is 0. The number of aromatic nitrogens is 1. The van der Waals surface area contributed by atoms with Crippen LogP contribution in [0.1, 0.15) is 51.2 Å². The molecule has 0 bridgehead atoms. The Kier molecular flexibility index (Phi) is 13.6. The highest BCUT2D eigenvalue weighted by Crippen LogP contribution is 2.46. The van der Waals surface area contributed by atoms with Gasteiger partial charge in [0.2, 0.25) is 5.91 Å². The second-order valence-electron chi connectivity index (χ2n) is 14.2. The van der Waals surface area contributed by atoms with Crippen LogP contribution in [0.3, 0.4) is 0 Å². The Morgan fingerprint density at radius 3 is 2.37 bits per heavy atom. The number of ether oxygens (including phenoxy) is 3. The third-order valence-electron chi connectivity index (χ3n) is 10.2. The number of piperazine rings is 1. The molecule has 3 heterocycles. The smallest absolute Gasteiger partial charge is 0.409 e. The van der Waals surface area contributed by atoms with E-state index < -0.39 is 6.09 Å². The van der Waals surface area contributed by atoms with Gasteiger partial charge in [-0.15, -0.1) is 0 Å². The fraction of sp³-hybridized carbons (Fsp3) is 0.326. The third-order valence-corrected chi connectivity index (χ3v) is 11.0. The maximum atomic E-state index is 14.3. The molecular weight excluding hydrogens is 822 g/mol. The first-order chi connectivity index (χ1) is 28.7. The van der Waals surface area contributed by atoms with Gasteiger partial charge in [-0.1, -0.05) is 52.3 Å². The number of rotatable bonds is 15. The Morgan fingerprint density at radius 1 is 0.898 bits per heavy atom. The largest absolute Gasteiger partial charge is 0.415 e. The molecule has 1 fully saturated rings. The quantitative estimate of drug-likeness (QED) is 0.0399. The molecule has 0 radical (unpaired) electrons. The minimum absolute atomic E-state index is 0.0141. The Balaban J connectivity index is 1.00. The summed E-state index contributed by atoms with van der Waals surface area (Å²) in [6.07, 6.45) is -0.289. The van der Waals surface area contributed by atoms with Crippen LogP contribution in [0.2, 0.25) is 0 Å². The number of hydrogen-bond acceptors (Lipinski definition) is 10. The molecule has 1 saturated heterocycles. The van der Waals surface area contributed by atoms with Crippen molar-refractivity contribution in [3.05, 3.63) is 101 Å². The lowest BCUT2D eigenvalue weighted by atomic mass is 9.95. The van der Waals surface area contributed by atoms with Crippen LogP contribution in [0, 0.1) is 0 Å². The van der Waals surface area contributed by atoms with Crippen molar-refractivity contribution in [2.75, 3.05) is 81.3 Å². The van der Waals surface area contributed by atoms with Crippen molar-refractivity contribution in [1.82, 2.24) is 20.6 Å². The number of fused-ring (bicyclic) bond motifs is 4. The van der Waals surface area contributed by atoms with Gasteiger partial charge in [-0.2, -0.15) is 5.10 Å². The molecule has 5 aromatic rings. The summed E-state index contributed by atoms with van der Waals surface area (Å²) in [4.78, 5) is 59.6. The summed E-state index contributed by atoms with van der Waals surface area (Å²) in [5.41, 5.74) is 7.62. The molecule has 7 rings (SSSR count). The van der Waals surface area contributed by atoms with Gasteiger partial charge in [-0.3, -0.25) is 14.4 Å². The maximum Gasteiger partial charge on any atom is 0.415 e. The molecule has 1 atom stereocenters. The number of carbonyl (C=O) groups excluding carboxylic acids is 4. The molecule has 4 amide bonds. The average Bonchev–Trinajstić information content (AvgIpc) is 3.87. The van der Waals surface area contributed by atoms with Crippen molar-refractivity contribution in [1.29, 1.82) is 0 Å². The second-order valence-corrected chi connectivity index (χ2v) is 14.8. The standard InChI is InChI=1S/C43H46BrN7O8/c1-27(48-49-39(53)12-18-57-20-21-58-19-17-52)28-6-8-29(9-7-28)41(54)46-32-10-11-35-30(22-32)23-36(47-35)42(55)51-26-31(25-44)40-34-5-3-2-4-33(34)38(24-37(40)51)59-43(56)50-15-13-45-14-16-50/h2-11,22-24,31,45,47,52H,12-21,25-26H2,1H3,(H,46,54)(H,49,53)/b48-27+/t31-/m1/s1. The van der Waals surface area contributed by atoms with E-state index in [1.807, 2.05) is 42.5 Å². The van der Waals surface area contributed by atoms with Crippen LogP contribution < -0.4 is 25.7 Å². The van der Waals surface area contributed by atoms with E-state index >= 15 is 0 Å². The van der Waals surface area contributed by atoms with Crippen LogP contribution >= 0.6 is 15.9 Å². The molecule has 1 aromatic heterocycles. The summed E-state index contributed by atoms with van der Waals surface area (Å²) in [5.74, 6) is -0.421. The van der Waals surface area contributed by atoms with Crippen molar-refractivity contribution in [2.24, 2.45) is 5.10 Å². The summed E-state index contributed by atoms with van der Waals surface area (Å²) < 4.78 is 16.5. The van der Waals surface area contributed by atoms with E-state index in [9.17, 15) is 19.2 Å². The first-order valence-corrected chi connectivity index (χ1v) is 20.6. The van der Waals surface area contributed by atoms with E-state index in [4.69, 9.17) is 19.3 Å². The molecule has 0 spiro atoms. The second kappa shape index (κ2) is 19.4. The van der Waals surface area contributed by atoms with Gasteiger partial charge in [0.15, 0.2) is 0 Å². The maximum absolute atomic E-state index is 14.3.